The van der Waals surface area contributed by atoms with Crippen LogP contribution in [0.4, 0.5) is 11.4 Å². The van der Waals surface area contributed by atoms with Crippen molar-refractivity contribution in [2.45, 2.75) is 52.4 Å². The number of rotatable bonds is 4. The summed E-state index contributed by atoms with van der Waals surface area (Å²) in [4.78, 5) is 25.0. The van der Waals surface area contributed by atoms with E-state index in [4.69, 9.17) is 0 Å². The fourth-order valence-corrected chi connectivity index (χ4v) is 5.61. The van der Waals surface area contributed by atoms with Crippen LogP contribution in [0.25, 0.3) is 0 Å². The number of nitrogens with one attached hydrogen (secondary N) is 2. The van der Waals surface area contributed by atoms with Crippen LogP contribution in [-0.4, -0.2) is 11.8 Å². The molecule has 4 fully saturated rings. The number of amides is 2. The number of carbonyl (C=O) groups excluding carboxylic acids is 2. The van der Waals surface area contributed by atoms with Gasteiger partial charge in [-0.15, -0.1) is 0 Å². The molecule has 0 aromatic heterocycles. The molecule has 0 atom stereocenters. The maximum absolute atomic E-state index is 13.1. The van der Waals surface area contributed by atoms with E-state index in [0.717, 1.165) is 48.4 Å². The minimum atomic E-state index is -0.147. The molecular weight excluding hydrogens is 312 g/mol. The quantitative estimate of drug-likeness (QED) is 0.851. The van der Waals surface area contributed by atoms with E-state index in [9.17, 15) is 9.59 Å². The Balaban J connectivity index is 1.47. The van der Waals surface area contributed by atoms with Crippen molar-refractivity contribution in [3.05, 3.63) is 24.3 Å². The molecule has 4 aliphatic rings. The normalized spacial score (nSPS) is 32.7. The van der Waals surface area contributed by atoms with Gasteiger partial charge in [-0.1, -0.05) is 19.9 Å². The number of benzene rings is 1. The van der Waals surface area contributed by atoms with Crippen LogP contribution in [0.2, 0.25) is 0 Å². The number of hydrogen-bond donors (Lipinski definition) is 2. The Hall–Kier alpha value is -1.84. The van der Waals surface area contributed by atoms with E-state index in [0.29, 0.717) is 0 Å². The lowest BCUT2D eigenvalue weighted by Crippen LogP contribution is -2.51. The highest BCUT2D eigenvalue weighted by Crippen LogP contribution is 2.60. The topological polar surface area (TPSA) is 58.2 Å². The summed E-state index contributed by atoms with van der Waals surface area (Å²) in [6.45, 7) is 3.74. The maximum atomic E-state index is 13.1. The summed E-state index contributed by atoms with van der Waals surface area (Å²) in [7, 11) is 0. The lowest BCUT2D eigenvalue weighted by Gasteiger charge is -2.55. The molecule has 4 saturated carbocycles. The molecular formula is C21H28N2O2. The van der Waals surface area contributed by atoms with Crippen molar-refractivity contribution in [2.75, 3.05) is 10.6 Å². The molecule has 4 nitrogen and oxygen atoms in total. The van der Waals surface area contributed by atoms with Crippen molar-refractivity contribution in [3.63, 3.8) is 0 Å². The zero-order valence-corrected chi connectivity index (χ0v) is 15.2. The highest BCUT2D eigenvalue weighted by molar-refractivity contribution is 5.97. The molecule has 4 aliphatic carbocycles. The SMILES string of the molecule is CC(C)C(=O)Nc1cccc(NC(=O)C23CC4CC(CC(C4)C2)C3)c1. The fraction of sp³-hybridized carbons (Fsp3) is 0.619. The van der Waals surface area contributed by atoms with Crippen LogP contribution in [0.15, 0.2) is 24.3 Å². The summed E-state index contributed by atoms with van der Waals surface area (Å²) in [5, 5.41) is 6.05. The average molecular weight is 340 g/mol. The summed E-state index contributed by atoms with van der Waals surface area (Å²) >= 11 is 0. The van der Waals surface area contributed by atoms with Crippen LogP contribution in [0.5, 0.6) is 0 Å². The van der Waals surface area contributed by atoms with Gasteiger partial charge in [0.2, 0.25) is 11.8 Å². The molecule has 5 rings (SSSR count). The van der Waals surface area contributed by atoms with E-state index in [1.165, 1.54) is 19.3 Å². The van der Waals surface area contributed by atoms with Crippen LogP contribution in [-0.2, 0) is 9.59 Å². The van der Waals surface area contributed by atoms with Gasteiger partial charge in [0.05, 0.1) is 5.41 Å². The minimum Gasteiger partial charge on any atom is -0.326 e. The molecule has 2 N–H and O–H groups in total. The van der Waals surface area contributed by atoms with Crippen LogP contribution in [0.1, 0.15) is 52.4 Å². The first kappa shape index (κ1) is 16.6. The molecule has 0 unspecified atom stereocenters. The van der Waals surface area contributed by atoms with Gasteiger partial charge in [0.15, 0.2) is 0 Å². The van der Waals surface area contributed by atoms with Gasteiger partial charge >= 0.3 is 0 Å². The molecule has 2 amide bonds. The lowest BCUT2D eigenvalue weighted by atomic mass is 9.49. The summed E-state index contributed by atoms with van der Waals surface area (Å²) in [5.41, 5.74) is 1.37. The molecule has 0 spiro atoms. The lowest BCUT2D eigenvalue weighted by molar-refractivity contribution is -0.140. The van der Waals surface area contributed by atoms with E-state index < -0.39 is 0 Å². The van der Waals surface area contributed by atoms with Crippen molar-refractivity contribution in [1.29, 1.82) is 0 Å². The molecule has 1 aromatic carbocycles. The highest BCUT2D eigenvalue weighted by atomic mass is 16.2. The van der Waals surface area contributed by atoms with Crippen LogP contribution < -0.4 is 10.6 Å². The number of carbonyl (C=O) groups is 2. The predicted octanol–water partition coefficient (Wildman–Crippen LogP) is 4.44. The van der Waals surface area contributed by atoms with E-state index in [-0.39, 0.29) is 23.1 Å². The first-order valence-electron chi connectivity index (χ1n) is 9.66. The fourth-order valence-electron chi connectivity index (χ4n) is 5.61. The largest absolute Gasteiger partial charge is 0.326 e. The van der Waals surface area contributed by atoms with Gasteiger partial charge in [0, 0.05) is 17.3 Å². The Morgan fingerprint density at radius 2 is 1.48 bits per heavy atom. The van der Waals surface area contributed by atoms with Gasteiger partial charge in [-0.25, -0.2) is 0 Å². The summed E-state index contributed by atoms with van der Waals surface area (Å²) in [6.07, 6.45) is 7.20. The van der Waals surface area contributed by atoms with Crippen molar-refractivity contribution in [2.24, 2.45) is 29.1 Å². The molecule has 134 valence electrons. The zero-order valence-electron chi connectivity index (χ0n) is 15.2. The second-order valence-electron chi connectivity index (χ2n) is 8.88. The summed E-state index contributed by atoms with van der Waals surface area (Å²) < 4.78 is 0. The molecule has 25 heavy (non-hydrogen) atoms. The minimum absolute atomic E-state index is 0.00967. The second kappa shape index (κ2) is 6.15. The van der Waals surface area contributed by atoms with Crippen molar-refractivity contribution >= 4 is 23.2 Å². The van der Waals surface area contributed by atoms with E-state index >= 15 is 0 Å². The monoisotopic (exact) mass is 340 g/mol. The van der Waals surface area contributed by atoms with E-state index in [2.05, 4.69) is 10.6 Å². The second-order valence-corrected chi connectivity index (χ2v) is 8.88. The Bertz CT molecular complexity index is 660. The molecule has 0 saturated heterocycles. The predicted molar refractivity (Wildman–Crippen MR) is 99.1 cm³/mol. The number of hydrogen-bond acceptors (Lipinski definition) is 2. The Kier molecular flexibility index (Phi) is 4.09. The molecule has 4 heteroatoms. The Labute approximate surface area is 149 Å². The van der Waals surface area contributed by atoms with Gasteiger partial charge in [-0.05, 0) is 74.5 Å². The van der Waals surface area contributed by atoms with Crippen LogP contribution in [0.3, 0.4) is 0 Å². The van der Waals surface area contributed by atoms with Gasteiger partial charge in [-0.2, -0.15) is 0 Å². The van der Waals surface area contributed by atoms with Gasteiger partial charge in [0.25, 0.3) is 0 Å². The van der Waals surface area contributed by atoms with Crippen LogP contribution in [0, 0.1) is 29.1 Å². The summed E-state index contributed by atoms with van der Waals surface area (Å²) in [5.74, 6) is 2.39. The zero-order chi connectivity index (χ0) is 17.6. The Morgan fingerprint density at radius 1 is 0.960 bits per heavy atom. The first-order valence-corrected chi connectivity index (χ1v) is 9.66. The third-order valence-electron chi connectivity index (χ3n) is 6.43. The summed E-state index contributed by atoms with van der Waals surface area (Å²) in [6, 6.07) is 7.51. The Morgan fingerprint density at radius 3 is 2.00 bits per heavy atom. The van der Waals surface area contributed by atoms with Crippen molar-refractivity contribution in [3.8, 4) is 0 Å². The number of anilines is 2. The van der Waals surface area contributed by atoms with Gasteiger partial charge < -0.3 is 10.6 Å². The smallest absolute Gasteiger partial charge is 0.230 e. The highest BCUT2D eigenvalue weighted by Gasteiger charge is 2.54. The van der Waals surface area contributed by atoms with Crippen molar-refractivity contribution in [1.82, 2.24) is 0 Å². The van der Waals surface area contributed by atoms with E-state index in [1.807, 2.05) is 38.1 Å². The maximum Gasteiger partial charge on any atom is 0.230 e. The molecule has 4 bridgehead atoms. The van der Waals surface area contributed by atoms with Crippen LogP contribution >= 0.6 is 0 Å². The standard InChI is InChI=1S/C21H28N2O2/c1-13(2)19(24)22-17-4-3-5-18(9-17)23-20(25)21-10-14-6-15(11-21)8-16(7-14)12-21/h3-5,9,13-16H,6-8,10-12H2,1-2H3,(H,22,24)(H,23,25). The van der Waals surface area contributed by atoms with Gasteiger partial charge in [0.1, 0.15) is 0 Å². The average Bonchev–Trinajstić information content (AvgIpc) is 2.53. The molecule has 0 heterocycles. The van der Waals surface area contributed by atoms with Gasteiger partial charge in [-0.3, -0.25) is 9.59 Å². The molecule has 1 aromatic rings. The van der Waals surface area contributed by atoms with E-state index in [1.54, 1.807) is 0 Å². The third kappa shape index (κ3) is 3.19. The van der Waals surface area contributed by atoms with Crippen molar-refractivity contribution < 1.29 is 9.59 Å². The molecule has 0 radical (unpaired) electrons. The first-order chi connectivity index (χ1) is 11.9. The third-order valence-corrected chi connectivity index (χ3v) is 6.43. The molecule has 0 aliphatic heterocycles.